The zero-order valence-corrected chi connectivity index (χ0v) is 17.4. The molecule has 1 aromatic heterocycles. The van der Waals surface area contributed by atoms with Crippen LogP contribution >= 0.6 is 11.3 Å². The van der Waals surface area contributed by atoms with Gasteiger partial charge in [-0.05, 0) is 53.3 Å². The van der Waals surface area contributed by atoms with Crippen molar-refractivity contribution >= 4 is 22.9 Å². The average Bonchev–Trinajstić information content (AvgIpc) is 3.27. The number of methoxy groups -OCH3 is 2. The summed E-state index contributed by atoms with van der Waals surface area (Å²) in [5.74, 6) is 1.44. The van der Waals surface area contributed by atoms with Crippen LogP contribution in [0.15, 0.2) is 60.0 Å². The maximum Gasteiger partial charge on any atom is 0.238 e. The van der Waals surface area contributed by atoms with Gasteiger partial charge >= 0.3 is 0 Å². The number of nitrogens with one attached hydrogen (secondary N) is 1. The van der Waals surface area contributed by atoms with Crippen molar-refractivity contribution in [2.45, 2.75) is 12.5 Å². The van der Waals surface area contributed by atoms with Crippen LogP contribution in [0.4, 0.5) is 5.69 Å². The van der Waals surface area contributed by atoms with Gasteiger partial charge in [-0.2, -0.15) is 0 Å². The van der Waals surface area contributed by atoms with E-state index in [2.05, 4.69) is 39.9 Å². The number of amides is 1. The van der Waals surface area contributed by atoms with E-state index in [0.29, 0.717) is 12.3 Å². The van der Waals surface area contributed by atoms with Crippen LogP contribution in [-0.2, 0) is 11.2 Å². The first-order chi connectivity index (χ1) is 14.2. The van der Waals surface area contributed by atoms with Gasteiger partial charge in [0.1, 0.15) is 0 Å². The summed E-state index contributed by atoms with van der Waals surface area (Å²) in [5.41, 5.74) is 3.22. The Labute approximate surface area is 174 Å². The minimum atomic E-state index is -0.0123. The number of hydrogen-bond acceptors (Lipinski definition) is 5. The summed E-state index contributed by atoms with van der Waals surface area (Å²) in [7, 11) is 3.31. The van der Waals surface area contributed by atoms with E-state index in [0.717, 1.165) is 24.4 Å². The van der Waals surface area contributed by atoms with Gasteiger partial charge in [-0.15, -0.1) is 11.3 Å². The number of nitrogens with zero attached hydrogens (tertiary/aromatic N) is 1. The summed E-state index contributed by atoms with van der Waals surface area (Å²) in [6.45, 7) is 1.12. The number of carbonyl (C=O) groups is 1. The normalized spacial score (nSPS) is 16.1. The van der Waals surface area contributed by atoms with Crippen LogP contribution in [0.3, 0.4) is 0 Å². The topological polar surface area (TPSA) is 50.8 Å². The summed E-state index contributed by atoms with van der Waals surface area (Å²) in [5, 5.41) is 5.07. The first kappa shape index (κ1) is 19.5. The highest BCUT2D eigenvalue weighted by atomic mass is 32.1. The molecule has 0 fully saturated rings. The Hall–Kier alpha value is -2.83. The van der Waals surface area contributed by atoms with Crippen LogP contribution in [0.2, 0.25) is 0 Å². The van der Waals surface area contributed by atoms with Gasteiger partial charge in [0.15, 0.2) is 11.5 Å². The van der Waals surface area contributed by atoms with Crippen molar-refractivity contribution < 1.29 is 14.3 Å². The lowest BCUT2D eigenvalue weighted by Gasteiger charge is -2.37. The largest absolute Gasteiger partial charge is 0.493 e. The van der Waals surface area contributed by atoms with Crippen LogP contribution in [-0.4, -0.2) is 38.1 Å². The van der Waals surface area contributed by atoms with E-state index >= 15 is 0 Å². The number of carbonyl (C=O) groups excluding carboxylic acids is 1. The molecule has 6 heteroatoms. The van der Waals surface area contributed by atoms with Crippen LogP contribution in [0.25, 0.3) is 0 Å². The first-order valence-electron chi connectivity index (χ1n) is 9.56. The second-order valence-electron chi connectivity index (χ2n) is 6.96. The highest BCUT2D eigenvalue weighted by molar-refractivity contribution is 7.10. The first-order valence-corrected chi connectivity index (χ1v) is 10.4. The van der Waals surface area contributed by atoms with Crippen LogP contribution in [0.1, 0.15) is 22.0 Å². The van der Waals surface area contributed by atoms with Gasteiger partial charge in [0, 0.05) is 17.1 Å². The van der Waals surface area contributed by atoms with Gasteiger partial charge in [-0.25, -0.2) is 0 Å². The van der Waals surface area contributed by atoms with E-state index < -0.39 is 0 Å². The molecular formula is C23H24N2O3S. The van der Waals surface area contributed by atoms with Gasteiger partial charge in [-0.3, -0.25) is 9.69 Å². The molecule has 0 saturated heterocycles. The Bertz CT molecular complexity index is 973. The zero-order valence-electron chi connectivity index (χ0n) is 16.6. The standard InChI is InChI=1S/C23H24N2O3S/c1-27-19-13-16-10-11-25(15-22(26)24-17-7-4-3-5-8-17)23(21-9-6-12-29-21)18(16)14-20(19)28-2/h3-9,12-14,23H,10-11,15H2,1-2H3,(H,24,26)/t23-/m0/s1. The zero-order chi connectivity index (χ0) is 20.2. The minimum absolute atomic E-state index is 0.0123. The van der Waals surface area contributed by atoms with Gasteiger partial charge in [0.25, 0.3) is 0 Å². The molecule has 29 heavy (non-hydrogen) atoms. The molecule has 0 unspecified atom stereocenters. The Morgan fingerprint density at radius 1 is 1.10 bits per heavy atom. The molecule has 2 heterocycles. The number of rotatable bonds is 6. The van der Waals surface area contributed by atoms with Gasteiger partial charge in [0.05, 0.1) is 26.8 Å². The molecule has 0 aliphatic carbocycles. The monoisotopic (exact) mass is 408 g/mol. The number of para-hydroxylation sites is 1. The Morgan fingerprint density at radius 3 is 2.55 bits per heavy atom. The number of ether oxygens (including phenoxy) is 2. The Balaban J connectivity index is 1.64. The van der Waals surface area contributed by atoms with Gasteiger partial charge in [-0.1, -0.05) is 24.3 Å². The highest BCUT2D eigenvalue weighted by Crippen LogP contribution is 2.42. The maximum absolute atomic E-state index is 12.7. The number of fused-ring (bicyclic) bond motifs is 1. The SMILES string of the molecule is COc1cc2c(cc1OC)[C@@H](c1cccs1)N(CC(=O)Nc1ccccc1)CC2. The van der Waals surface area contributed by atoms with Crippen molar-refractivity contribution in [2.75, 3.05) is 32.6 Å². The van der Waals surface area contributed by atoms with Gasteiger partial charge in [0.2, 0.25) is 5.91 Å². The average molecular weight is 409 g/mol. The third kappa shape index (κ3) is 4.13. The molecule has 1 atom stereocenters. The van der Waals surface area contributed by atoms with Crippen molar-refractivity contribution in [3.05, 3.63) is 76.0 Å². The fourth-order valence-electron chi connectivity index (χ4n) is 3.85. The summed E-state index contributed by atoms with van der Waals surface area (Å²) in [6, 6.07) is 17.9. The van der Waals surface area contributed by atoms with E-state index in [1.54, 1.807) is 25.6 Å². The Kier molecular flexibility index (Phi) is 5.83. The van der Waals surface area contributed by atoms with Crippen molar-refractivity contribution in [3.8, 4) is 11.5 Å². The highest BCUT2D eigenvalue weighted by Gasteiger charge is 2.32. The molecule has 0 saturated carbocycles. The molecule has 1 aliphatic heterocycles. The molecule has 3 aromatic rings. The predicted octanol–water partition coefficient (Wildman–Crippen LogP) is 4.35. The second-order valence-corrected chi connectivity index (χ2v) is 7.94. The molecule has 0 bridgehead atoms. The lowest BCUT2D eigenvalue weighted by Crippen LogP contribution is -2.40. The van der Waals surface area contributed by atoms with Crippen LogP contribution < -0.4 is 14.8 Å². The molecule has 0 spiro atoms. The number of hydrogen-bond donors (Lipinski definition) is 1. The van der Waals surface area contributed by atoms with Crippen molar-refractivity contribution in [1.82, 2.24) is 4.90 Å². The number of benzene rings is 2. The number of anilines is 1. The van der Waals surface area contributed by atoms with Crippen molar-refractivity contribution in [3.63, 3.8) is 0 Å². The molecule has 2 aromatic carbocycles. The predicted molar refractivity (Wildman–Crippen MR) is 116 cm³/mol. The molecule has 4 rings (SSSR count). The van der Waals surface area contributed by atoms with E-state index in [1.807, 2.05) is 30.3 Å². The third-order valence-electron chi connectivity index (χ3n) is 5.19. The molecule has 1 N–H and O–H groups in total. The molecule has 150 valence electrons. The molecular weight excluding hydrogens is 384 g/mol. The van der Waals surface area contributed by atoms with E-state index in [9.17, 15) is 4.79 Å². The molecule has 0 radical (unpaired) electrons. The van der Waals surface area contributed by atoms with E-state index in [4.69, 9.17) is 9.47 Å². The Morgan fingerprint density at radius 2 is 1.86 bits per heavy atom. The fourth-order valence-corrected chi connectivity index (χ4v) is 4.73. The lowest BCUT2D eigenvalue weighted by atomic mass is 9.91. The fraction of sp³-hybridized carbons (Fsp3) is 0.261. The summed E-state index contributed by atoms with van der Waals surface area (Å²) >= 11 is 1.71. The molecule has 1 amide bonds. The van der Waals surface area contributed by atoms with Crippen LogP contribution in [0, 0.1) is 0 Å². The number of thiophene rings is 1. The summed E-state index contributed by atoms with van der Waals surface area (Å²) in [6.07, 6.45) is 0.857. The second kappa shape index (κ2) is 8.68. The van der Waals surface area contributed by atoms with Gasteiger partial charge < -0.3 is 14.8 Å². The quantitative estimate of drug-likeness (QED) is 0.659. The molecule has 1 aliphatic rings. The van der Waals surface area contributed by atoms with Crippen LogP contribution in [0.5, 0.6) is 11.5 Å². The van der Waals surface area contributed by atoms with E-state index in [1.165, 1.54) is 16.0 Å². The molecule has 5 nitrogen and oxygen atoms in total. The maximum atomic E-state index is 12.7. The van der Waals surface area contributed by atoms with Crippen molar-refractivity contribution in [2.24, 2.45) is 0 Å². The van der Waals surface area contributed by atoms with Crippen molar-refractivity contribution in [1.29, 1.82) is 0 Å². The summed E-state index contributed by atoms with van der Waals surface area (Å²) in [4.78, 5) is 16.2. The van der Waals surface area contributed by atoms with E-state index in [-0.39, 0.29) is 11.9 Å². The summed E-state index contributed by atoms with van der Waals surface area (Å²) < 4.78 is 11.0. The third-order valence-corrected chi connectivity index (χ3v) is 6.12. The lowest BCUT2D eigenvalue weighted by molar-refractivity contribution is -0.117. The minimum Gasteiger partial charge on any atom is -0.493 e. The smallest absolute Gasteiger partial charge is 0.238 e.